The second kappa shape index (κ2) is 7.93. The van der Waals surface area contributed by atoms with Crippen LogP contribution in [0.5, 0.6) is 0 Å². The molecule has 0 radical (unpaired) electrons. The summed E-state index contributed by atoms with van der Waals surface area (Å²) in [5, 5.41) is 4.55. The summed E-state index contributed by atoms with van der Waals surface area (Å²) >= 11 is 0. The molecule has 8 nitrogen and oxygen atoms in total. The fourth-order valence-corrected chi connectivity index (χ4v) is 2.27. The average molecular weight is 374 g/mol. The lowest BCUT2D eigenvalue weighted by Crippen LogP contribution is -2.41. The zero-order valence-corrected chi connectivity index (χ0v) is 16.0. The minimum absolute atomic E-state index is 0.466. The van der Waals surface area contributed by atoms with E-state index in [-0.39, 0.29) is 0 Å². The summed E-state index contributed by atoms with van der Waals surface area (Å²) < 4.78 is 16.3. The van der Waals surface area contributed by atoms with Crippen molar-refractivity contribution in [2.45, 2.75) is 38.9 Å². The Hall–Kier alpha value is -2.65. The monoisotopic (exact) mass is 374 g/mol. The van der Waals surface area contributed by atoms with E-state index >= 15 is 0 Å². The fourth-order valence-electron chi connectivity index (χ4n) is 2.27. The van der Waals surface area contributed by atoms with Crippen molar-refractivity contribution in [1.82, 2.24) is 5.32 Å². The third-order valence-electron chi connectivity index (χ3n) is 4.48. The lowest BCUT2D eigenvalue weighted by Gasteiger charge is -2.32. The highest BCUT2D eigenvalue weighted by Gasteiger charge is 2.51. The van der Waals surface area contributed by atoms with Gasteiger partial charge in [0, 0.05) is 17.8 Å². The molecule has 0 unspecified atom stereocenters. The van der Waals surface area contributed by atoms with E-state index in [9.17, 15) is 14.4 Å². The Morgan fingerprint density at radius 1 is 1.04 bits per heavy atom. The van der Waals surface area contributed by atoms with E-state index in [0.29, 0.717) is 5.69 Å². The number of carbonyl (C=O) groups excluding carboxylic acids is 3. The van der Waals surface area contributed by atoms with Gasteiger partial charge in [0.2, 0.25) is 5.91 Å². The van der Waals surface area contributed by atoms with Crippen molar-refractivity contribution in [3.05, 3.63) is 36.4 Å². The summed E-state index contributed by atoms with van der Waals surface area (Å²) in [7, 11) is 0.583. The average Bonchev–Trinajstić information content (AvgIpc) is 2.81. The quantitative estimate of drug-likeness (QED) is 0.610. The second-order valence-electron chi connectivity index (χ2n) is 7.02. The van der Waals surface area contributed by atoms with E-state index in [2.05, 4.69) is 10.1 Å². The van der Waals surface area contributed by atoms with Gasteiger partial charge in [-0.1, -0.05) is 12.1 Å². The molecule has 1 saturated heterocycles. The van der Waals surface area contributed by atoms with Crippen LogP contribution in [0.2, 0.25) is 0 Å². The van der Waals surface area contributed by atoms with Crippen LogP contribution in [0.1, 0.15) is 27.7 Å². The van der Waals surface area contributed by atoms with Gasteiger partial charge < -0.3 is 19.4 Å². The predicted molar refractivity (Wildman–Crippen MR) is 100 cm³/mol. The number of rotatable bonds is 4. The van der Waals surface area contributed by atoms with Crippen LogP contribution in [0.3, 0.4) is 0 Å². The third-order valence-corrected chi connectivity index (χ3v) is 4.48. The van der Waals surface area contributed by atoms with Gasteiger partial charge in [0.15, 0.2) is 0 Å². The van der Waals surface area contributed by atoms with Gasteiger partial charge in [0.05, 0.1) is 18.3 Å². The number of carbonyl (C=O) groups is 3. The largest absolute Gasteiger partial charge is 0.494 e. The highest BCUT2D eigenvalue weighted by molar-refractivity contribution is 6.62. The van der Waals surface area contributed by atoms with Crippen LogP contribution in [-0.4, -0.2) is 43.3 Å². The van der Waals surface area contributed by atoms with Crippen LogP contribution in [0, 0.1) is 0 Å². The Morgan fingerprint density at radius 3 is 2.22 bits per heavy atom. The molecule has 0 aromatic heterocycles. The van der Waals surface area contributed by atoms with Crippen LogP contribution in [0.25, 0.3) is 0 Å². The Balaban J connectivity index is 2.01. The molecule has 1 aromatic rings. The summed E-state index contributed by atoms with van der Waals surface area (Å²) in [5.41, 5.74) is 0.350. The first-order valence-electron chi connectivity index (χ1n) is 8.38. The first-order valence-corrected chi connectivity index (χ1v) is 8.38. The van der Waals surface area contributed by atoms with Gasteiger partial charge >= 0.3 is 13.2 Å². The number of alkyl carbamates (subject to hydrolysis) is 1. The van der Waals surface area contributed by atoms with Gasteiger partial charge in [-0.15, -0.1) is 0 Å². The zero-order chi connectivity index (χ0) is 20.2. The summed E-state index contributed by atoms with van der Waals surface area (Å²) in [5.74, 6) is -1.29. The van der Waals surface area contributed by atoms with Crippen LogP contribution in [-0.2, 0) is 23.6 Å². The standard InChI is InChI=1S/C18H23BN2O6/c1-17(2)18(3,4)27-19(26-17)12-7-6-8-13(11-12)20-14(22)9-10-15(23)21-16(24)25-5/h6-11H,1-5H3,(H,20,22)(H,21,23,24)/b10-9-. The normalized spacial score (nSPS) is 17.6. The maximum atomic E-state index is 12.0. The van der Waals surface area contributed by atoms with Crippen molar-refractivity contribution >= 4 is 36.2 Å². The minimum Gasteiger partial charge on any atom is -0.453 e. The SMILES string of the molecule is COC(=O)NC(=O)/C=C\C(=O)Nc1cccc(B2OC(C)(C)C(C)(C)O2)c1. The highest BCUT2D eigenvalue weighted by atomic mass is 16.7. The van der Waals surface area contributed by atoms with Crippen molar-refractivity contribution in [2.75, 3.05) is 12.4 Å². The molecule has 1 fully saturated rings. The van der Waals surface area contributed by atoms with Crippen LogP contribution >= 0.6 is 0 Å². The highest BCUT2D eigenvalue weighted by Crippen LogP contribution is 2.36. The number of ether oxygens (including phenoxy) is 1. The van der Waals surface area contributed by atoms with E-state index < -0.39 is 36.2 Å². The zero-order valence-electron chi connectivity index (χ0n) is 16.0. The summed E-state index contributed by atoms with van der Waals surface area (Å²) in [6.07, 6.45) is 1.05. The van der Waals surface area contributed by atoms with Crippen molar-refractivity contribution in [3.8, 4) is 0 Å². The van der Waals surface area contributed by atoms with E-state index in [4.69, 9.17) is 9.31 Å². The Bertz CT molecular complexity index is 759. The van der Waals surface area contributed by atoms with Crippen molar-refractivity contribution in [3.63, 3.8) is 0 Å². The van der Waals surface area contributed by atoms with E-state index in [1.54, 1.807) is 18.2 Å². The van der Waals surface area contributed by atoms with Crippen molar-refractivity contribution in [2.24, 2.45) is 0 Å². The summed E-state index contributed by atoms with van der Waals surface area (Å²) in [4.78, 5) is 34.3. The molecule has 3 amide bonds. The molecule has 1 aliphatic rings. The predicted octanol–water partition coefficient (Wildman–Crippen LogP) is 1.36. The molecule has 0 saturated carbocycles. The molecular formula is C18H23BN2O6. The number of benzene rings is 1. The van der Waals surface area contributed by atoms with Crippen molar-refractivity contribution < 1.29 is 28.4 Å². The van der Waals surface area contributed by atoms with Gasteiger partial charge in [0.25, 0.3) is 5.91 Å². The van der Waals surface area contributed by atoms with Gasteiger partial charge in [-0.3, -0.25) is 14.9 Å². The number of hydrogen-bond acceptors (Lipinski definition) is 6. The summed E-state index contributed by atoms with van der Waals surface area (Å²) in [6.45, 7) is 7.84. The molecule has 144 valence electrons. The molecule has 0 bridgehead atoms. The molecule has 27 heavy (non-hydrogen) atoms. The smallest absolute Gasteiger partial charge is 0.453 e. The molecule has 1 aliphatic heterocycles. The lowest BCUT2D eigenvalue weighted by molar-refractivity contribution is -0.116. The summed E-state index contributed by atoms with van der Waals surface area (Å²) in [6, 6.07) is 7.05. The molecule has 1 aromatic carbocycles. The van der Waals surface area contributed by atoms with E-state index in [1.165, 1.54) is 0 Å². The maximum absolute atomic E-state index is 12.0. The van der Waals surface area contributed by atoms with Crippen LogP contribution < -0.4 is 16.1 Å². The van der Waals surface area contributed by atoms with E-state index in [0.717, 1.165) is 24.7 Å². The molecule has 2 rings (SSSR count). The first-order chi connectivity index (χ1) is 12.5. The molecule has 1 heterocycles. The lowest BCUT2D eigenvalue weighted by atomic mass is 9.79. The van der Waals surface area contributed by atoms with Crippen molar-refractivity contribution in [1.29, 1.82) is 0 Å². The molecule has 9 heteroatoms. The topological polar surface area (TPSA) is 103 Å². The Morgan fingerprint density at radius 2 is 1.63 bits per heavy atom. The molecule has 0 aliphatic carbocycles. The Kier molecular flexibility index (Phi) is 6.07. The number of nitrogens with one attached hydrogen (secondary N) is 2. The number of hydrogen-bond donors (Lipinski definition) is 2. The van der Waals surface area contributed by atoms with Gasteiger partial charge in [-0.05, 0) is 45.3 Å². The number of amides is 3. The number of imide groups is 1. The van der Waals surface area contributed by atoms with Crippen LogP contribution in [0.15, 0.2) is 36.4 Å². The molecular weight excluding hydrogens is 351 g/mol. The number of anilines is 1. The maximum Gasteiger partial charge on any atom is 0.494 e. The fraction of sp³-hybridized carbons (Fsp3) is 0.389. The van der Waals surface area contributed by atoms with Gasteiger partial charge in [-0.25, -0.2) is 4.79 Å². The second-order valence-corrected chi connectivity index (χ2v) is 7.02. The van der Waals surface area contributed by atoms with Crippen LogP contribution in [0.4, 0.5) is 10.5 Å². The first kappa shape index (κ1) is 20.7. The molecule has 2 N–H and O–H groups in total. The van der Waals surface area contributed by atoms with Gasteiger partial charge in [-0.2, -0.15) is 0 Å². The Labute approximate surface area is 158 Å². The molecule has 0 spiro atoms. The third kappa shape index (κ3) is 5.18. The number of methoxy groups -OCH3 is 1. The minimum atomic E-state index is -0.903. The molecule has 0 atom stereocenters. The van der Waals surface area contributed by atoms with E-state index in [1.807, 2.05) is 39.1 Å². The van der Waals surface area contributed by atoms with Gasteiger partial charge in [0.1, 0.15) is 0 Å².